The molecule has 0 N–H and O–H groups in total. The van der Waals surface area contributed by atoms with E-state index in [9.17, 15) is 0 Å². The molecule has 0 saturated carbocycles. The molecule has 1 nitrogen and oxygen atoms in total. The van der Waals surface area contributed by atoms with Crippen LogP contribution in [-0.4, -0.2) is 0 Å². The molecule has 0 atom stereocenters. The van der Waals surface area contributed by atoms with E-state index in [0.29, 0.717) is 0 Å². The molecule has 0 bridgehead atoms. The Morgan fingerprint density at radius 3 is 1.25 bits per heavy atom. The van der Waals surface area contributed by atoms with E-state index in [1.807, 2.05) is 0 Å². The van der Waals surface area contributed by atoms with Crippen LogP contribution >= 0.6 is 0 Å². The summed E-state index contributed by atoms with van der Waals surface area (Å²) in [7, 11) is 0. The van der Waals surface area contributed by atoms with Crippen molar-refractivity contribution in [1.29, 1.82) is 0 Å². The maximum absolute atomic E-state index is 7.81. The van der Waals surface area contributed by atoms with Gasteiger partial charge in [-0.05, 0) is 0 Å². The molecule has 4 heavy (non-hydrogen) atoms. The molecule has 0 aliphatic rings. The molecule has 0 aromatic carbocycles. The van der Waals surface area contributed by atoms with Gasteiger partial charge in [0, 0.05) is 57.2 Å². The molecule has 0 spiro atoms. The van der Waals surface area contributed by atoms with Crippen LogP contribution in [0.2, 0.25) is 0 Å². The summed E-state index contributed by atoms with van der Waals surface area (Å²) in [5.41, 5.74) is 0. The third-order valence-electron chi connectivity index (χ3n) is 0. The standard InChI is InChI=1S/Co.Cu.O.Sm. The quantitative estimate of drug-likeness (QED) is 0.568. The smallest absolute Gasteiger partial charge is 0 e. The van der Waals surface area contributed by atoms with E-state index in [0.717, 1.165) is 0 Å². The molecular formula is CoCuOSm. The summed E-state index contributed by atoms with van der Waals surface area (Å²) in [4.78, 5) is 0. The van der Waals surface area contributed by atoms with Crippen molar-refractivity contribution in [2.24, 2.45) is 0 Å². The third kappa shape index (κ3) is 8.90. The molecule has 0 aromatic rings. The van der Waals surface area contributed by atoms with E-state index in [1.54, 1.807) is 0 Å². The summed E-state index contributed by atoms with van der Waals surface area (Å²) in [5, 5.41) is 0. The van der Waals surface area contributed by atoms with Gasteiger partial charge in [0.1, 0.15) is 0 Å². The van der Waals surface area contributed by atoms with Gasteiger partial charge in [0.2, 0.25) is 0 Å². The number of rotatable bonds is 0. The van der Waals surface area contributed by atoms with Gasteiger partial charge in [0.15, 0.2) is 0 Å². The van der Waals surface area contributed by atoms with Gasteiger partial charge in [-0.25, -0.2) is 0 Å². The van der Waals surface area contributed by atoms with E-state index in [-0.39, 0.29) is 57.2 Å². The first-order valence-corrected chi connectivity index (χ1v) is 0.508. The summed E-state index contributed by atoms with van der Waals surface area (Å²) in [5.74, 6) is 0. The average Bonchev–Trinajstić information content (AvgIpc) is 1.00. The van der Waals surface area contributed by atoms with Crippen molar-refractivity contribution in [2.75, 3.05) is 0 Å². The first-order valence-electron chi connectivity index (χ1n) is 0.123. The van der Waals surface area contributed by atoms with Crippen LogP contribution in [0, 0.1) is 40.4 Å². The minimum Gasteiger partial charge on any atom is 0 e. The first-order chi connectivity index (χ1) is 1.00. The van der Waals surface area contributed by atoms with Gasteiger partial charge in [-0.3, -0.25) is 0 Å². The zero-order chi connectivity index (χ0) is 2.00. The first kappa shape index (κ1) is 16.4. The molecule has 0 aliphatic heterocycles. The molecule has 0 aromatic heterocycles. The van der Waals surface area contributed by atoms with E-state index in [1.165, 1.54) is 0 Å². The fraction of sp³-hybridized carbons (Fsp3) is 0. The van der Waals surface area contributed by atoms with Crippen LogP contribution < -0.4 is 0 Å². The molecule has 0 unspecified atom stereocenters. The Morgan fingerprint density at radius 2 is 1.25 bits per heavy atom. The summed E-state index contributed by atoms with van der Waals surface area (Å²) >= 11 is 2.94. The molecule has 0 amide bonds. The number of hydrogen-bond acceptors (Lipinski definition) is 1. The molecule has 32 valence electrons. The maximum Gasteiger partial charge on any atom is 0 e. The van der Waals surface area contributed by atoms with Crippen LogP contribution in [0.1, 0.15) is 0 Å². The van der Waals surface area contributed by atoms with Gasteiger partial charge < -0.3 is 0 Å². The van der Waals surface area contributed by atoms with Gasteiger partial charge in [-0.15, -0.1) is 0 Å². The summed E-state index contributed by atoms with van der Waals surface area (Å²) in [6, 6.07) is 0. The van der Waals surface area contributed by atoms with Crippen molar-refractivity contribution < 1.29 is 76.9 Å². The van der Waals surface area contributed by atoms with Crippen molar-refractivity contribution in [1.82, 2.24) is 0 Å². The zero-order valence-electron chi connectivity index (χ0n) is 1.45. The Labute approximate surface area is 75.6 Å². The molecule has 0 fully saturated rings. The van der Waals surface area contributed by atoms with Gasteiger partial charge in [-0.2, -0.15) is 0 Å². The van der Waals surface area contributed by atoms with Crippen LogP contribution in [-0.2, 0) is 36.6 Å². The minimum absolute atomic E-state index is 0. The zero-order valence-corrected chi connectivity index (χ0v) is 6.05. The second-order valence-electron chi connectivity index (χ2n) is 0. The molecule has 0 saturated heterocycles. The largest absolute Gasteiger partial charge is 0 e. The van der Waals surface area contributed by atoms with Gasteiger partial charge in [0.05, 0.1) is 0 Å². The van der Waals surface area contributed by atoms with Crippen LogP contribution in [0.15, 0.2) is 0 Å². The molecular weight excluding hydrogens is 289 g/mol. The fourth-order valence-corrected chi connectivity index (χ4v) is 0. The molecule has 0 rings (SSSR count). The van der Waals surface area contributed by atoms with Crippen LogP contribution in [0.5, 0.6) is 0 Å². The predicted molar refractivity (Wildman–Crippen MR) is 0.686 cm³/mol. The minimum atomic E-state index is 0. The van der Waals surface area contributed by atoms with Crippen molar-refractivity contribution in [3.63, 3.8) is 0 Å². The Bertz CT molecular complexity index is 8.00. The Kier molecular flexibility index (Phi) is 78.5. The van der Waals surface area contributed by atoms with Crippen LogP contribution in [0.3, 0.4) is 0 Å². The Morgan fingerprint density at radius 1 is 1.25 bits per heavy atom. The van der Waals surface area contributed by atoms with E-state index in [2.05, 4.69) is 15.9 Å². The SMILES string of the molecule is [Co].[O]=[Cu].[Sm]. The van der Waals surface area contributed by atoms with Crippen molar-refractivity contribution in [2.45, 2.75) is 0 Å². The summed E-state index contributed by atoms with van der Waals surface area (Å²) in [6.07, 6.45) is 0. The molecule has 0 aliphatic carbocycles. The average molecular weight is 289 g/mol. The third-order valence-corrected chi connectivity index (χ3v) is 0. The predicted octanol–water partition coefficient (Wildman–Crippen LogP) is -0.124. The molecule has 4 heteroatoms. The van der Waals surface area contributed by atoms with Crippen molar-refractivity contribution >= 4 is 0 Å². The van der Waals surface area contributed by atoms with Gasteiger partial charge in [0.25, 0.3) is 0 Å². The van der Waals surface area contributed by atoms with Gasteiger partial charge in [-0.1, -0.05) is 0 Å². The topological polar surface area (TPSA) is 17.1 Å². The molecule has 1 radical (unpaired) electrons. The normalized spacial score (nSPS) is 1.50. The fourth-order valence-electron chi connectivity index (χ4n) is 0. The summed E-state index contributed by atoms with van der Waals surface area (Å²) < 4.78 is 7.81. The Balaban J connectivity index is -0.00000000500. The Hall–Kier alpha value is 2.16. The van der Waals surface area contributed by atoms with Crippen LogP contribution in [0.4, 0.5) is 0 Å². The van der Waals surface area contributed by atoms with E-state index in [4.69, 9.17) is 3.83 Å². The van der Waals surface area contributed by atoms with E-state index < -0.39 is 0 Å². The second-order valence-corrected chi connectivity index (χ2v) is 0. The monoisotopic (exact) mass is 290 g/mol. The van der Waals surface area contributed by atoms with Gasteiger partial charge >= 0.3 is 19.8 Å². The van der Waals surface area contributed by atoms with Crippen molar-refractivity contribution in [3.8, 4) is 0 Å². The second kappa shape index (κ2) is 19.1. The van der Waals surface area contributed by atoms with Crippen molar-refractivity contribution in [3.05, 3.63) is 0 Å². The summed E-state index contributed by atoms with van der Waals surface area (Å²) in [6.45, 7) is 0. The van der Waals surface area contributed by atoms with E-state index >= 15 is 0 Å². The maximum atomic E-state index is 7.81. The van der Waals surface area contributed by atoms with Crippen LogP contribution in [0.25, 0.3) is 0 Å². The molecule has 0 heterocycles. The number of hydrogen-bond donors (Lipinski definition) is 0.